The molecule has 1 aromatic heterocycles. The van der Waals surface area contributed by atoms with Crippen molar-refractivity contribution < 1.29 is 17.9 Å². The number of nitrogens with zero attached hydrogens (tertiary/aromatic N) is 4. The number of aromatic nitrogens is 2. The average Bonchev–Trinajstić information content (AvgIpc) is 2.94. The summed E-state index contributed by atoms with van der Waals surface area (Å²) >= 11 is 0. The zero-order valence-electron chi connectivity index (χ0n) is 23.6. The number of benzene rings is 3. The van der Waals surface area contributed by atoms with Crippen molar-refractivity contribution in [3.63, 3.8) is 0 Å². The highest BCUT2D eigenvalue weighted by molar-refractivity contribution is 7.89. The highest BCUT2D eigenvalue weighted by atomic mass is 35.5. The molecule has 1 fully saturated rings. The van der Waals surface area contributed by atoms with Crippen LogP contribution >= 0.6 is 12.4 Å². The molecule has 9 nitrogen and oxygen atoms in total. The van der Waals surface area contributed by atoms with Crippen LogP contribution in [0.2, 0.25) is 0 Å². The second kappa shape index (κ2) is 12.5. The van der Waals surface area contributed by atoms with E-state index in [4.69, 9.17) is 20.2 Å². The van der Waals surface area contributed by atoms with Crippen molar-refractivity contribution in [2.45, 2.75) is 44.8 Å². The number of hydrogen-bond donors (Lipinski definition) is 1. The molecule has 5 rings (SSSR count). The van der Waals surface area contributed by atoms with Gasteiger partial charge in [-0.3, -0.25) is 0 Å². The molecule has 41 heavy (non-hydrogen) atoms. The van der Waals surface area contributed by atoms with E-state index < -0.39 is 10.0 Å². The normalized spacial score (nSPS) is 14.3. The standard InChI is InChI=1S/C30H35N5O4S.ClH/c1-20(2)38-27-18-25-26(19-28(27)39-21(3)4)32-30(33-29(25)31)34-14-16-35(17-15-34)40(36,37)24-12-10-23(11-13-24)22-8-6-5-7-9-22;/h5-13,18-21H,14-17H2,1-4H3,(H2,31,32,33);1H. The van der Waals surface area contributed by atoms with Crippen molar-refractivity contribution in [3.05, 3.63) is 66.7 Å². The molecule has 0 aliphatic carbocycles. The molecule has 1 saturated heterocycles. The van der Waals surface area contributed by atoms with Gasteiger partial charge in [-0.2, -0.15) is 9.29 Å². The Balaban J connectivity index is 0.00000387. The molecular weight excluding hydrogens is 562 g/mol. The fraction of sp³-hybridized carbons (Fsp3) is 0.333. The Morgan fingerprint density at radius 3 is 1.93 bits per heavy atom. The summed E-state index contributed by atoms with van der Waals surface area (Å²) in [6.45, 7) is 9.31. The summed E-state index contributed by atoms with van der Waals surface area (Å²) in [4.78, 5) is 11.6. The van der Waals surface area contributed by atoms with Gasteiger partial charge in [0.05, 0.1) is 22.6 Å². The van der Waals surface area contributed by atoms with Crippen LogP contribution in [-0.2, 0) is 10.0 Å². The zero-order valence-corrected chi connectivity index (χ0v) is 25.3. The van der Waals surface area contributed by atoms with Crippen molar-refractivity contribution in [2.75, 3.05) is 36.8 Å². The van der Waals surface area contributed by atoms with Crippen LogP contribution in [0.15, 0.2) is 71.6 Å². The monoisotopic (exact) mass is 597 g/mol. The Labute approximate surface area is 247 Å². The van der Waals surface area contributed by atoms with Gasteiger partial charge in [0.1, 0.15) is 5.82 Å². The van der Waals surface area contributed by atoms with Crippen LogP contribution in [0.3, 0.4) is 0 Å². The summed E-state index contributed by atoms with van der Waals surface area (Å²) in [7, 11) is -3.63. The number of fused-ring (bicyclic) bond motifs is 1. The number of hydrogen-bond acceptors (Lipinski definition) is 8. The molecule has 11 heteroatoms. The predicted octanol–water partition coefficient (Wildman–Crippen LogP) is 5.39. The average molecular weight is 598 g/mol. The fourth-order valence-electron chi connectivity index (χ4n) is 4.71. The van der Waals surface area contributed by atoms with E-state index in [0.717, 1.165) is 11.1 Å². The first kappa shape index (κ1) is 30.4. The van der Waals surface area contributed by atoms with Gasteiger partial charge in [0.15, 0.2) is 11.5 Å². The van der Waals surface area contributed by atoms with E-state index in [-0.39, 0.29) is 29.5 Å². The van der Waals surface area contributed by atoms with Crippen molar-refractivity contribution in [1.82, 2.24) is 14.3 Å². The number of nitrogens with two attached hydrogens (primary N) is 1. The van der Waals surface area contributed by atoms with E-state index in [1.165, 1.54) is 4.31 Å². The van der Waals surface area contributed by atoms with Crippen LogP contribution in [0.4, 0.5) is 11.8 Å². The summed E-state index contributed by atoms with van der Waals surface area (Å²) in [5.41, 5.74) is 9.02. The Hall–Kier alpha value is -3.60. The molecular formula is C30H36ClN5O4S. The molecule has 2 heterocycles. The van der Waals surface area contributed by atoms with Gasteiger partial charge in [0, 0.05) is 37.6 Å². The summed E-state index contributed by atoms with van der Waals surface area (Å²) in [5.74, 6) is 1.98. The molecule has 0 unspecified atom stereocenters. The third kappa shape index (κ3) is 6.66. The third-order valence-corrected chi connectivity index (χ3v) is 8.54. The van der Waals surface area contributed by atoms with Crippen LogP contribution in [0.1, 0.15) is 27.7 Å². The molecule has 3 aromatic carbocycles. The third-order valence-electron chi connectivity index (χ3n) is 6.62. The van der Waals surface area contributed by atoms with Crippen molar-refractivity contribution >= 4 is 45.1 Å². The van der Waals surface area contributed by atoms with Gasteiger partial charge in [0.2, 0.25) is 16.0 Å². The Morgan fingerprint density at radius 1 is 0.780 bits per heavy atom. The van der Waals surface area contributed by atoms with Crippen LogP contribution in [0, 0.1) is 0 Å². The van der Waals surface area contributed by atoms with Crippen LogP contribution in [-0.4, -0.2) is 61.1 Å². The number of rotatable bonds is 8. The maximum atomic E-state index is 13.4. The van der Waals surface area contributed by atoms with Crippen molar-refractivity contribution in [1.29, 1.82) is 0 Å². The largest absolute Gasteiger partial charge is 0.487 e. The Kier molecular flexibility index (Phi) is 9.26. The first-order chi connectivity index (χ1) is 19.1. The van der Waals surface area contributed by atoms with Crippen LogP contribution < -0.4 is 20.1 Å². The van der Waals surface area contributed by atoms with E-state index in [0.29, 0.717) is 60.3 Å². The van der Waals surface area contributed by atoms with Gasteiger partial charge in [0.25, 0.3) is 0 Å². The SMILES string of the molecule is CC(C)Oc1cc2nc(N3CCN(S(=O)(=O)c4ccc(-c5ccccc5)cc4)CC3)nc(N)c2cc1OC(C)C.Cl. The quantitative estimate of drug-likeness (QED) is 0.288. The maximum absolute atomic E-state index is 13.4. The van der Waals surface area contributed by atoms with Gasteiger partial charge in [-0.05, 0) is 57.0 Å². The molecule has 2 N–H and O–H groups in total. The molecule has 0 saturated carbocycles. The van der Waals surface area contributed by atoms with E-state index in [1.807, 2.05) is 87.2 Å². The van der Waals surface area contributed by atoms with Crippen molar-refractivity contribution in [3.8, 4) is 22.6 Å². The minimum Gasteiger partial charge on any atom is -0.487 e. The second-order valence-electron chi connectivity index (χ2n) is 10.3. The van der Waals surface area contributed by atoms with Crippen LogP contribution in [0.25, 0.3) is 22.0 Å². The molecule has 0 bridgehead atoms. The van der Waals surface area contributed by atoms with E-state index >= 15 is 0 Å². The summed E-state index contributed by atoms with van der Waals surface area (Å²) in [6.07, 6.45) is -0.0852. The van der Waals surface area contributed by atoms with Crippen LogP contribution in [0.5, 0.6) is 11.5 Å². The minimum absolute atomic E-state index is 0. The van der Waals surface area contributed by atoms with E-state index in [9.17, 15) is 8.42 Å². The fourth-order valence-corrected chi connectivity index (χ4v) is 6.13. The van der Waals surface area contributed by atoms with Crippen molar-refractivity contribution in [2.24, 2.45) is 0 Å². The van der Waals surface area contributed by atoms with Gasteiger partial charge in [-0.15, -0.1) is 12.4 Å². The highest BCUT2D eigenvalue weighted by Crippen LogP contribution is 2.36. The molecule has 0 amide bonds. The van der Waals surface area contributed by atoms with Gasteiger partial charge < -0.3 is 20.1 Å². The highest BCUT2D eigenvalue weighted by Gasteiger charge is 2.30. The topological polar surface area (TPSA) is 111 Å². The predicted molar refractivity (Wildman–Crippen MR) is 166 cm³/mol. The zero-order chi connectivity index (χ0) is 28.4. The molecule has 0 spiro atoms. The minimum atomic E-state index is -3.63. The summed E-state index contributed by atoms with van der Waals surface area (Å²) in [6, 6.07) is 20.6. The first-order valence-electron chi connectivity index (χ1n) is 13.5. The maximum Gasteiger partial charge on any atom is 0.243 e. The molecule has 1 aliphatic rings. The van der Waals surface area contributed by atoms with Gasteiger partial charge in [-0.25, -0.2) is 13.4 Å². The smallest absolute Gasteiger partial charge is 0.243 e. The second-order valence-corrected chi connectivity index (χ2v) is 12.3. The van der Waals surface area contributed by atoms with Gasteiger partial charge >= 0.3 is 0 Å². The summed E-state index contributed by atoms with van der Waals surface area (Å²) in [5, 5.41) is 0.677. The van der Waals surface area contributed by atoms with E-state index in [1.54, 1.807) is 12.1 Å². The number of piperazine rings is 1. The molecule has 218 valence electrons. The van der Waals surface area contributed by atoms with Gasteiger partial charge in [-0.1, -0.05) is 42.5 Å². The lowest BCUT2D eigenvalue weighted by molar-refractivity contribution is 0.199. The number of sulfonamides is 1. The lowest BCUT2D eigenvalue weighted by Gasteiger charge is -2.34. The number of nitrogen functional groups attached to an aromatic ring is 1. The number of ether oxygens (including phenoxy) is 2. The summed E-state index contributed by atoms with van der Waals surface area (Å²) < 4.78 is 40.2. The molecule has 4 aromatic rings. The molecule has 1 aliphatic heterocycles. The molecule has 0 radical (unpaired) electrons. The Morgan fingerprint density at radius 2 is 1.34 bits per heavy atom. The number of anilines is 2. The van der Waals surface area contributed by atoms with E-state index in [2.05, 4.69) is 4.98 Å². The number of halogens is 1. The molecule has 0 atom stereocenters. The lowest BCUT2D eigenvalue weighted by atomic mass is 10.1. The lowest BCUT2D eigenvalue weighted by Crippen LogP contribution is -2.49. The first-order valence-corrected chi connectivity index (χ1v) is 14.9. The Bertz CT molecular complexity index is 1590.